The lowest BCUT2D eigenvalue weighted by atomic mass is 9.99. The first-order chi connectivity index (χ1) is 14.2. The number of rotatable bonds is 14. The fraction of sp³-hybridized carbons (Fsp3) is 0.667. The Balaban J connectivity index is 2.79. The van der Waals surface area contributed by atoms with E-state index in [-0.39, 0.29) is 18.9 Å². The maximum absolute atomic E-state index is 12.4. The van der Waals surface area contributed by atoms with Crippen molar-refractivity contribution in [1.29, 1.82) is 0 Å². The molecule has 0 radical (unpaired) electrons. The molecule has 1 amide bonds. The molecule has 1 atom stereocenters. The second-order valence-corrected chi connectivity index (χ2v) is 9.63. The second kappa shape index (κ2) is 12.9. The maximum atomic E-state index is 12.4. The quantitative estimate of drug-likeness (QED) is 0.447. The highest BCUT2D eigenvalue weighted by Gasteiger charge is 2.23. The van der Waals surface area contributed by atoms with Crippen molar-refractivity contribution in [2.24, 2.45) is 5.92 Å². The van der Waals surface area contributed by atoms with Crippen LogP contribution in [0.3, 0.4) is 0 Å². The highest BCUT2D eigenvalue weighted by Crippen LogP contribution is 2.39. The molecule has 1 N–H and O–H groups in total. The third-order valence-corrected chi connectivity index (χ3v) is 6.49. The molecule has 0 aliphatic carbocycles. The number of hydrogen-bond donors (Lipinski definition) is 1. The summed E-state index contributed by atoms with van der Waals surface area (Å²) in [6.45, 7) is 5.09. The van der Waals surface area contributed by atoms with Crippen molar-refractivity contribution in [3.63, 3.8) is 0 Å². The zero-order valence-corrected chi connectivity index (χ0v) is 20.2. The van der Waals surface area contributed by atoms with Crippen LogP contribution < -0.4 is 19.1 Å². The predicted molar refractivity (Wildman–Crippen MR) is 122 cm³/mol. The van der Waals surface area contributed by atoms with E-state index in [9.17, 15) is 13.2 Å². The third-order valence-electron chi connectivity index (χ3n) is 5.02. The highest BCUT2D eigenvalue weighted by molar-refractivity contribution is 7.92. The van der Waals surface area contributed by atoms with Crippen molar-refractivity contribution >= 4 is 33.2 Å². The van der Waals surface area contributed by atoms with Gasteiger partial charge in [0.2, 0.25) is 15.9 Å². The molecule has 9 heteroatoms. The molecule has 0 bridgehead atoms. The Morgan fingerprint density at radius 3 is 2.37 bits per heavy atom. The number of halogens is 1. The van der Waals surface area contributed by atoms with E-state index in [0.717, 1.165) is 31.9 Å². The Morgan fingerprint density at radius 2 is 1.83 bits per heavy atom. The van der Waals surface area contributed by atoms with Crippen LogP contribution in [-0.2, 0) is 14.8 Å². The topological polar surface area (TPSA) is 84.9 Å². The first kappa shape index (κ1) is 26.4. The molecule has 172 valence electrons. The van der Waals surface area contributed by atoms with Gasteiger partial charge in [0, 0.05) is 31.6 Å². The molecule has 0 heterocycles. The van der Waals surface area contributed by atoms with E-state index in [2.05, 4.69) is 19.2 Å². The Kier molecular flexibility index (Phi) is 11.3. The molecule has 0 aliphatic rings. The standard InChI is InChI=1S/C21H35ClN2O5S/c1-6-8-10-16(7-2)15-23-21(25)11-9-12-24(30(5,26)27)18-14-19(28-3)17(22)13-20(18)29-4/h13-14,16H,6-12,15H2,1-5H3,(H,23,25)/t16-/m1/s1. The highest BCUT2D eigenvalue weighted by atomic mass is 35.5. The lowest BCUT2D eigenvalue weighted by Gasteiger charge is -2.25. The molecule has 7 nitrogen and oxygen atoms in total. The number of methoxy groups -OCH3 is 2. The first-order valence-corrected chi connectivity index (χ1v) is 12.6. The van der Waals surface area contributed by atoms with Crippen LogP contribution in [-0.4, -0.2) is 47.9 Å². The van der Waals surface area contributed by atoms with Gasteiger partial charge in [-0.1, -0.05) is 44.7 Å². The maximum Gasteiger partial charge on any atom is 0.232 e. The van der Waals surface area contributed by atoms with Gasteiger partial charge in [-0.3, -0.25) is 9.10 Å². The molecule has 1 aromatic rings. The van der Waals surface area contributed by atoms with Crippen LogP contribution >= 0.6 is 11.6 Å². The van der Waals surface area contributed by atoms with Gasteiger partial charge in [-0.25, -0.2) is 8.42 Å². The van der Waals surface area contributed by atoms with Crippen molar-refractivity contribution in [3.8, 4) is 11.5 Å². The molecule has 1 aromatic carbocycles. The third kappa shape index (κ3) is 8.22. The number of nitrogens with one attached hydrogen (secondary N) is 1. The molecule has 0 aromatic heterocycles. The van der Waals surface area contributed by atoms with Crippen LogP contribution in [0.5, 0.6) is 11.5 Å². The van der Waals surface area contributed by atoms with E-state index in [1.54, 1.807) is 0 Å². The average molecular weight is 463 g/mol. The smallest absolute Gasteiger partial charge is 0.232 e. The fourth-order valence-corrected chi connectivity index (χ4v) is 4.37. The van der Waals surface area contributed by atoms with Gasteiger partial charge in [0.1, 0.15) is 11.5 Å². The normalized spacial score (nSPS) is 12.3. The van der Waals surface area contributed by atoms with E-state index < -0.39 is 10.0 Å². The zero-order valence-electron chi connectivity index (χ0n) is 18.7. The van der Waals surface area contributed by atoms with Gasteiger partial charge in [0.05, 0.1) is 31.2 Å². The zero-order chi connectivity index (χ0) is 22.7. The van der Waals surface area contributed by atoms with Crippen LogP contribution in [0.1, 0.15) is 52.4 Å². The Hall–Kier alpha value is -1.67. The molecule has 0 spiro atoms. The molecule has 0 saturated carbocycles. The summed E-state index contributed by atoms with van der Waals surface area (Å²) in [7, 11) is -0.706. The van der Waals surface area contributed by atoms with E-state index in [4.69, 9.17) is 21.1 Å². The van der Waals surface area contributed by atoms with Gasteiger partial charge >= 0.3 is 0 Å². The van der Waals surface area contributed by atoms with E-state index in [1.807, 2.05) is 0 Å². The van der Waals surface area contributed by atoms with E-state index in [1.165, 1.54) is 30.7 Å². The summed E-state index contributed by atoms with van der Waals surface area (Å²) in [5, 5.41) is 3.29. The molecular formula is C21H35ClN2O5S. The van der Waals surface area contributed by atoms with Crippen LogP contribution in [0, 0.1) is 5.92 Å². The molecule has 0 saturated heterocycles. The van der Waals surface area contributed by atoms with E-state index in [0.29, 0.717) is 41.1 Å². The average Bonchev–Trinajstić information content (AvgIpc) is 2.70. The predicted octanol–water partition coefficient (Wildman–Crippen LogP) is 4.24. The van der Waals surface area contributed by atoms with Crippen LogP contribution in [0.15, 0.2) is 12.1 Å². The van der Waals surface area contributed by atoms with Crippen LogP contribution in [0.25, 0.3) is 0 Å². The van der Waals surface area contributed by atoms with Gasteiger partial charge in [0.15, 0.2) is 0 Å². The molecule has 0 aliphatic heterocycles. The number of amides is 1. The monoisotopic (exact) mass is 462 g/mol. The van der Waals surface area contributed by atoms with Crippen molar-refractivity contribution in [3.05, 3.63) is 17.2 Å². The van der Waals surface area contributed by atoms with Crippen LogP contribution in [0.2, 0.25) is 5.02 Å². The Bertz CT molecular complexity index is 786. The second-order valence-electron chi connectivity index (χ2n) is 7.32. The Morgan fingerprint density at radius 1 is 1.17 bits per heavy atom. The number of anilines is 1. The fourth-order valence-electron chi connectivity index (χ4n) is 3.18. The van der Waals surface area contributed by atoms with Crippen molar-refractivity contribution in [2.45, 2.75) is 52.4 Å². The molecule has 1 rings (SSSR count). The summed E-state index contributed by atoms with van der Waals surface area (Å²) in [5.41, 5.74) is 0.326. The minimum Gasteiger partial charge on any atom is -0.495 e. The lowest BCUT2D eigenvalue weighted by Crippen LogP contribution is -2.33. The number of nitrogens with zero attached hydrogens (tertiary/aromatic N) is 1. The molecular weight excluding hydrogens is 428 g/mol. The summed E-state index contributed by atoms with van der Waals surface area (Å²) in [6, 6.07) is 3.05. The largest absolute Gasteiger partial charge is 0.495 e. The number of hydrogen-bond acceptors (Lipinski definition) is 5. The van der Waals surface area contributed by atoms with Crippen molar-refractivity contribution in [2.75, 3.05) is 37.9 Å². The van der Waals surface area contributed by atoms with Gasteiger partial charge in [-0.15, -0.1) is 0 Å². The van der Waals surface area contributed by atoms with Crippen molar-refractivity contribution < 1.29 is 22.7 Å². The van der Waals surface area contributed by atoms with Gasteiger partial charge < -0.3 is 14.8 Å². The summed E-state index contributed by atoms with van der Waals surface area (Å²) >= 11 is 6.12. The van der Waals surface area contributed by atoms with Gasteiger partial charge in [0.25, 0.3) is 0 Å². The number of unbranched alkanes of at least 4 members (excludes halogenated alkanes) is 1. The SMILES string of the molecule is CCCC[C@@H](CC)CNC(=O)CCCN(c1cc(OC)c(Cl)cc1OC)S(C)(=O)=O. The molecule has 0 unspecified atom stereocenters. The van der Waals surface area contributed by atoms with Gasteiger partial charge in [-0.2, -0.15) is 0 Å². The molecule has 0 fully saturated rings. The van der Waals surface area contributed by atoms with Crippen LogP contribution in [0.4, 0.5) is 5.69 Å². The lowest BCUT2D eigenvalue weighted by molar-refractivity contribution is -0.121. The summed E-state index contributed by atoms with van der Waals surface area (Å²) < 4.78 is 36.6. The number of carbonyl (C=O) groups excluding carboxylic acids is 1. The minimum atomic E-state index is -3.60. The summed E-state index contributed by atoms with van der Waals surface area (Å²) in [4.78, 5) is 12.2. The number of carbonyl (C=O) groups is 1. The Labute approximate surface area is 186 Å². The van der Waals surface area contributed by atoms with Gasteiger partial charge in [-0.05, 0) is 18.8 Å². The van der Waals surface area contributed by atoms with Crippen molar-refractivity contribution in [1.82, 2.24) is 5.32 Å². The summed E-state index contributed by atoms with van der Waals surface area (Å²) in [6.07, 6.45) is 6.16. The van der Waals surface area contributed by atoms with E-state index >= 15 is 0 Å². The first-order valence-electron chi connectivity index (χ1n) is 10.3. The molecule has 30 heavy (non-hydrogen) atoms. The number of ether oxygens (including phenoxy) is 2. The number of sulfonamides is 1. The number of benzene rings is 1. The minimum absolute atomic E-state index is 0.0703. The summed E-state index contributed by atoms with van der Waals surface area (Å²) in [5.74, 6) is 1.07.